The lowest BCUT2D eigenvalue weighted by molar-refractivity contribution is -0.144. The molecule has 0 saturated heterocycles. The molecule has 2 rings (SSSR count). The van der Waals surface area contributed by atoms with Crippen LogP contribution < -0.4 is 0 Å². The zero-order valence-electron chi connectivity index (χ0n) is 10.5. The summed E-state index contributed by atoms with van der Waals surface area (Å²) in [5, 5.41) is 0.766. The Balaban J connectivity index is 1.54. The Hall–Kier alpha value is -1.02. The van der Waals surface area contributed by atoms with E-state index in [1.807, 2.05) is 24.3 Å². The van der Waals surface area contributed by atoms with Gasteiger partial charge in [-0.05, 0) is 55.7 Å². The van der Waals surface area contributed by atoms with Gasteiger partial charge in [0, 0.05) is 11.4 Å². The smallest absolute Gasteiger partial charge is 0.305 e. The van der Waals surface area contributed by atoms with Gasteiger partial charge in [0.25, 0.3) is 0 Å². The first-order chi connectivity index (χ1) is 8.74. The van der Waals surface area contributed by atoms with E-state index >= 15 is 0 Å². The van der Waals surface area contributed by atoms with E-state index in [9.17, 15) is 4.79 Å². The molecule has 1 aromatic carbocycles. The number of ether oxygens (including phenoxy) is 1. The first-order valence-electron chi connectivity index (χ1n) is 6.64. The van der Waals surface area contributed by atoms with E-state index in [4.69, 9.17) is 16.3 Å². The van der Waals surface area contributed by atoms with Crippen LogP contribution in [-0.2, 0) is 16.0 Å². The molecule has 0 spiro atoms. The van der Waals surface area contributed by atoms with Crippen molar-refractivity contribution in [1.29, 1.82) is 0 Å². The van der Waals surface area contributed by atoms with Gasteiger partial charge >= 0.3 is 5.97 Å². The van der Waals surface area contributed by atoms with Crippen molar-refractivity contribution in [2.45, 2.75) is 38.5 Å². The van der Waals surface area contributed by atoms with Gasteiger partial charge in [-0.2, -0.15) is 0 Å². The van der Waals surface area contributed by atoms with Crippen LogP contribution in [0.15, 0.2) is 24.3 Å². The van der Waals surface area contributed by atoms with Crippen molar-refractivity contribution in [2.24, 2.45) is 5.92 Å². The van der Waals surface area contributed by atoms with E-state index in [2.05, 4.69) is 0 Å². The number of benzene rings is 1. The van der Waals surface area contributed by atoms with Gasteiger partial charge in [-0.1, -0.05) is 23.7 Å². The van der Waals surface area contributed by atoms with E-state index in [0.29, 0.717) is 18.9 Å². The maximum Gasteiger partial charge on any atom is 0.305 e. The molecule has 0 aromatic heterocycles. The Bertz CT molecular complexity index is 382. The molecule has 0 atom stereocenters. The molecule has 18 heavy (non-hydrogen) atoms. The molecule has 0 unspecified atom stereocenters. The Morgan fingerprint density at radius 1 is 1.22 bits per heavy atom. The van der Waals surface area contributed by atoms with Crippen molar-refractivity contribution in [1.82, 2.24) is 0 Å². The largest absolute Gasteiger partial charge is 0.465 e. The third-order valence-electron chi connectivity index (χ3n) is 3.19. The molecule has 0 radical (unpaired) electrons. The predicted octanol–water partition coefficient (Wildman–Crippen LogP) is 4.01. The summed E-state index contributed by atoms with van der Waals surface area (Å²) in [5.74, 6) is 0.612. The lowest BCUT2D eigenvalue weighted by Gasteiger charge is -2.04. The van der Waals surface area contributed by atoms with Crippen molar-refractivity contribution in [3.8, 4) is 0 Å². The topological polar surface area (TPSA) is 26.3 Å². The summed E-state index contributed by atoms with van der Waals surface area (Å²) in [5.41, 5.74) is 1.27. The van der Waals surface area contributed by atoms with Gasteiger partial charge in [0.05, 0.1) is 6.61 Å². The average molecular weight is 267 g/mol. The van der Waals surface area contributed by atoms with E-state index in [1.165, 1.54) is 18.4 Å². The van der Waals surface area contributed by atoms with Gasteiger partial charge in [-0.15, -0.1) is 0 Å². The molecule has 0 bridgehead atoms. The molecular formula is C15H19ClO2. The monoisotopic (exact) mass is 266 g/mol. The summed E-state index contributed by atoms with van der Waals surface area (Å²) < 4.78 is 5.18. The third-order valence-corrected chi connectivity index (χ3v) is 3.44. The fourth-order valence-corrected chi connectivity index (χ4v) is 1.94. The van der Waals surface area contributed by atoms with Gasteiger partial charge in [0.15, 0.2) is 0 Å². The van der Waals surface area contributed by atoms with Crippen LogP contribution >= 0.6 is 11.6 Å². The minimum atomic E-state index is -0.0435. The molecule has 1 saturated carbocycles. The second-order valence-corrected chi connectivity index (χ2v) is 5.40. The minimum absolute atomic E-state index is 0.0435. The molecule has 1 aliphatic rings. The van der Waals surface area contributed by atoms with Gasteiger partial charge < -0.3 is 4.74 Å². The number of hydrogen-bond donors (Lipinski definition) is 0. The number of hydrogen-bond acceptors (Lipinski definition) is 2. The Kier molecular flexibility index (Phi) is 5.06. The van der Waals surface area contributed by atoms with Crippen LogP contribution in [0.2, 0.25) is 5.02 Å². The zero-order valence-corrected chi connectivity index (χ0v) is 11.3. The van der Waals surface area contributed by atoms with Crippen molar-refractivity contribution < 1.29 is 9.53 Å². The quantitative estimate of drug-likeness (QED) is 0.551. The number of carbonyl (C=O) groups excluding carboxylic acids is 1. The van der Waals surface area contributed by atoms with E-state index in [0.717, 1.165) is 24.3 Å². The Morgan fingerprint density at radius 2 is 1.94 bits per heavy atom. The summed E-state index contributed by atoms with van der Waals surface area (Å²) in [4.78, 5) is 11.4. The highest BCUT2D eigenvalue weighted by molar-refractivity contribution is 6.30. The van der Waals surface area contributed by atoms with Crippen LogP contribution in [0.25, 0.3) is 0 Å². The molecule has 2 nitrogen and oxygen atoms in total. The normalized spacial score (nSPS) is 14.5. The van der Waals surface area contributed by atoms with Crippen LogP contribution in [0.4, 0.5) is 0 Å². The van der Waals surface area contributed by atoms with E-state index < -0.39 is 0 Å². The second-order valence-electron chi connectivity index (χ2n) is 4.96. The summed E-state index contributed by atoms with van der Waals surface area (Å²) in [6.45, 7) is 0.635. The number of aryl methyl sites for hydroxylation is 1. The number of esters is 1. The zero-order chi connectivity index (χ0) is 12.8. The van der Waals surface area contributed by atoms with Crippen LogP contribution in [0.1, 0.15) is 37.7 Å². The SMILES string of the molecule is O=C(CCCCc1ccc(Cl)cc1)OCC1CC1. The molecule has 0 aliphatic heterocycles. The highest BCUT2D eigenvalue weighted by Gasteiger charge is 2.22. The number of unbranched alkanes of at least 4 members (excludes halogenated alkanes) is 1. The second kappa shape index (κ2) is 6.79. The van der Waals surface area contributed by atoms with Crippen molar-refractivity contribution >= 4 is 17.6 Å². The molecule has 3 heteroatoms. The van der Waals surface area contributed by atoms with E-state index in [1.54, 1.807) is 0 Å². The number of rotatable bonds is 7. The summed E-state index contributed by atoms with van der Waals surface area (Å²) in [6.07, 6.45) is 5.90. The molecule has 0 amide bonds. The average Bonchev–Trinajstić information content (AvgIpc) is 3.18. The lowest BCUT2D eigenvalue weighted by Crippen LogP contribution is -2.06. The van der Waals surface area contributed by atoms with Gasteiger partial charge in [0.1, 0.15) is 0 Å². The molecule has 1 aromatic rings. The molecule has 1 fully saturated rings. The highest BCUT2D eigenvalue weighted by Crippen LogP contribution is 2.28. The molecular weight excluding hydrogens is 248 g/mol. The van der Waals surface area contributed by atoms with Crippen molar-refractivity contribution in [3.63, 3.8) is 0 Å². The maximum absolute atomic E-state index is 11.4. The predicted molar refractivity (Wildman–Crippen MR) is 72.7 cm³/mol. The van der Waals surface area contributed by atoms with Gasteiger partial charge in [-0.3, -0.25) is 4.79 Å². The van der Waals surface area contributed by atoms with Gasteiger partial charge in [0.2, 0.25) is 0 Å². The maximum atomic E-state index is 11.4. The lowest BCUT2D eigenvalue weighted by atomic mass is 10.1. The number of carbonyl (C=O) groups is 1. The molecule has 0 heterocycles. The third kappa shape index (κ3) is 5.09. The summed E-state index contributed by atoms with van der Waals surface area (Å²) in [6, 6.07) is 7.88. The van der Waals surface area contributed by atoms with Gasteiger partial charge in [-0.25, -0.2) is 0 Å². The molecule has 98 valence electrons. The highest BCUT2D eigenvalue weighted by atomic mass is 35.5. The Labute approximate surface area is 113 Å². The fraction of sp³-hybridized carbons (Fsp3) is 0.533. The van der Waals surface area contributed by atoms with Crippen LogP contribution in [-0.4, -0.2) is 12.6 Å². The standard InChI is InChI=1S/C15H19ClO2/c16-14-9-7-12(8-10-14)3-1-2-4-15(17)18-11-13-5-6-13/h7-10,13H,1-6,11H2. The van der Waals surface area contributed by atoms with Crippen LogP contribution in [0.5, 0.6) is 0 Å². The summed E-state index contributed by atoms with van der Waals surface area (Å²) >= 11 is 5.82. The van der Waals surface area contributed by atoms with Crippen LogP contribution in [0.3, 0.4) is 0 Å². The molecule has 1 aliphatic carbocycles. The number of halogens is 1. The molecule has 0 N–H and O–H groups in total. The van der Waals surface area contributed by atoms with Crippen molar-refractivity contribution in [3.05, 3.63) is 34.9 Å². The van der Waals surface area contributed by atoms with E-state index in [-0.39, 0.29) is 5.97 Å². The Morgan fingerprint density at radius 3 is 2.61 bits per heavy atom. The minimum Gasteiger partial charge on any atom is -0.465 e. The van der Waals surface area contributed by atoms with Crippen molar-refractivity contribution in [2.75, 3.05) is 6.61 Å². The summed E-state index contributed by atoms with van der Waals surface area (Å²) in [7, 11) is 0. The first-order valence-corrected chi connectivity index (χ1v) is 7.02. The first kappa shape index (κ1) is 13.4. The van der Waals surface area contributed by atoms with Crippen LogP contribution in [0, 0.1) is 5.92 Å². The fourth-order valence-electron chi connectivity index (χ4n) is 1.82.